The Hall–Kier alpha value is -0.580. The third-order valence-electron chi connectivity index (χ3n) is 4.81. The molecule has 2 fully saturated rings. The summed E-state index contributed by atoms with van der Waals surface area (Å²) in [5.41, 5.74) is -0.597. The number of rotatable bonds is 5. The maximum atomic E-state index is 12.8. The van der Waals surface area contributed by atoms with Crippen molar-refractivity contribution in [3.8, 4) is 0 Å². The third-order valence-corrected chi connectivity index (χ3v) is 5.72. The first-order valence-corrected chi connectivity index (χ1v) is 9.45. The van der Waals surface area contributed by atoms with Crippen molar-refractivity contribution in [2.75, 3.05) is 11.9 Å². The largest absolute Gasteiger partial charge is 0.325 e. The van der Waals surface area contributed by atoms with Gasteiger partial charge in [-0.1, -0.05) is 61.4 Å². The van der Waals surface area contributed by atoms with Crippen LogP contribution in [0.2, 0.25) is 0 Å². The lowest BCUT2D eigenvalue weighted by atomic mass is 9.84. The number of hydrogen-bond acceptors (Lipinski definition) is 2. The highest BCUT2D eigenvalue weighted by atomic mass is 79.9. The summed E-state index contributed by atoms with van der Waals surface area (Å²) in [4.78, 5) is 26.6. The summed E-state index contributed by atoms with van der Waals surface area (Å²) in [5, 5.41) is 3.87. The quantitative estimate of drug-likeness (QED) is 0.599. The Morgan fingerprint density at radius 1 is 1.19 bits per heavy atom. The summed E-state index contributed by atoms with van der Waals surface area (Å²) in [5.74, 6) is 0.379. The Bertz CT molecular complexity index is 378. The number of halogens is 1. The zero-order valence-electron chi connectivity index (χ0n) is 13.0. The van der Waals surface area contributed by atoms with Crippen molar-refractivity contribution < 1.29 is 9.59 Å². The topological polar surface area (TPSA) is 49.4 Å². The molecule has 120 valence electrons. The first-order chi connectivity index (χ1) is 10.1. The standard InChI is InChI=1S/C16H27BrN2O2/c1-2-8-13(11-17)12-19-14(20)16(18-15(19)21)9-6-4-3-5-7-10-16/h13H,2-12H2,1H3,(H,18,21). The van der Waals surface area contributed by atoms with Crippen LogP contribution >= 0.6 is 15.9 Å². The molecule has 1 N–H and O–H groups in total. The number of imide groups is 1. The lowest BCUT2D eigenvalue weighted by Crippen LogP contribution is -2.47. The fraction of sp³-hybridized carbons (Fsp3) is 0.875. The molecule has 21 heavy (non-hydrogen) atoms. The predicted octanol–water partition coefficient (Wildman–Crippen LogP) is 3.83. The fourth-order valence-corrected chi connectivity index (χ4v) is 4.10. The van der Waals surface area contributed by atoms with Crippen LogP contribution in [0.4, 0.5) is 4.79 Å². The van der Waals surface area contributed by atoms with E-state index >= 15 is 0 Å². The van der Waals surface area contributed by atoms with Gasteiger partial charge in [0.05, 0.1) is 0 Å². The molecule has 0 aromatic rings. The monoisotopic (exact) mass is 358 g/mol. The van der Waals surface area contributed by atoms with Crippen LogP contribution in [0, 0.1) is 5.92 Å². The summed E-state index contributed by atoms with van der Waals surface area (Å²) in [6, 6.07) is -0.178. The van der Waals surface area contributed by atoms with Gasteiger partial charge in [-0.05, 0) is 25.2 Å². The number of carbonyl (C=O) groups excluding carboxylic acids is 2. The molecular formula is C16H27BrN2O2. The summed E-state index contributed by atoms with van der Waals surface area (Å²) in [6.07, 6.45) is 9.40. The molecule has 1 spiro atoms. The molecular weight excluding hydrogens is 332 g/mol. The molecule has 0 aromatic carbocycles. The van der Waals surface area contributed by atoms with Gasteiger partial charge in [0.15, 0.2) is 0 Å². The Labute approximate surface area is 136 Å². The van der Waals surface area contributed by atoms with Crippen molar-refractivity contribution in [3.05, 3.63) is 0 Å². The normalized spacial score (nSPS) is 23.8. The number of amides is 3. The molecule has 0 radical (unpaired) electrons. The Balaban J connectivity index is 2.07. The van der Waals surface area contributed by atoms with Crippen molar-refractivity contribution >= 4 is 27.9 Å². The molecule has 1 saturated carbocycles. The first-order valence-electron chi connectivity index (χ1n) is 8.33. The van der Waals surface area contributed by atoms with Crippen LogP contribution in [0.1, 0.15) is 64.7 Å². The van der Waals surface area contributed by atoms with Gasteiger partial charge in [-0.3, -0.25) is 9.69 Å². The third kappa shape index (κ3) is 3.79. The van der Waals surface area contributed by atoms with E-state index in [1.165, 1.54) is 24.2 Å². The van der Waals surface area contributed by atoms with Crippen LogP contribution in [-0.4, -0.2) is 34.3 Å². The van der Waals surface area contributed by atoms with E-state index in [1.54, 1.807) is 0 Å². The van der Waals surface area contributed by atoms with Gasteiger partial charge >= 0.3 is 6.03 Å². The summed E-state index contributed by atoms with van der Waals surface area (Å²) >= 11 is 3.50. The second-order valence-electron chi connectivity index (χ2n) is 6.50. The minimum absolute atomic E-state index is 0.0245. The Morgan fingerprint density at radius 3 is 2.38 bits per heavy atom. The van der Waals surface area contributed by atoms with Crippen molar-refractivity contribution in [2.24, 2.45) is 5.92 Å². The number of nitrogens with zero attached hydrogens (tertiary/aromatic N) is 1. The van der Waals surface area contributed by atoms with Crippen LogP contribution in [-0.2, 0) is 4.79 Å². The number of carbonyl (C=O) groups is 2. The minimum atomic E-state index is -0.597. The van der Waals surface area contributed by atoms with Gasteiger partial charge in [0.25, 0.3) is 5.91 Å². The number of hydrogen-bond donors (Lipinski definition) is 1. The molecule has 2 aliphatic rings. The average molecular weight is 359 g/mol. The smallest absolute Gasteiger partial charge is 0.323 e. The van der Waals surface area contributed by atoms with E-state index < -0.39 is 5.54 Å². The lowest BCUT2D eigenvalue weighted by molar-refractivity contribution is -0.132. The molecule has 0 bridgehead atoms. The van der Waals surface area contributed by atoms with Crippen LogP contribution in [0.3, 0.4) is 0 Å². The minimum Gasteiger partial charge on any atom is -0.323 e. The highest BCUT2D eigenvalue weighted by molar-refractivity contribution is 9.09. The van der Waals surface area contributed by atoms with Crippen molar-refractivity contribution in [1.29, 1.82) is 0 Å². The number of alkyl halides is 1. The zero-order valence-corrected chi connectivity index (χ0v) is 14.6. The van der Waals surface area contributed by atoms with Crippen LogP contribution in [0.5, 0.6) is 0 Å². The highest BCUT2D eigenvalue weighted by Gasteiger charge is 2.50. The molecule has 5 heteroatoms. The summed E-state index contributed by atoms with van der Waals surface area (Å²) < 4.78 is 0. The molecule has 1 aliphatic heterocycles. The molecule has 1 heterocycles. The van der Waals surface area contributed by atoms with E-state index in [2.05, 4.69) is 28.2 Å². The van der Waals surface area contributed by atoms with E-state index in [-0.39, 0.29) is 11.9 Å². The Morgan fingerprint density at radius 2 is 1.81 bits per heavy atom. The van der Waals surface area contributed by atoms with E-state index in [9.17, 15) is 9.59 Å². The maximum absolute atomic E-state index is 12.8. The lowest BCUT2D eigenvalue weighted by Gasteiger charge is -2.29. The highest BCUT2D eigenvalue weighted by Crippen LogP contribution is 2.32. The summed E-state index contributed by atoms with van der Waals surface area (Å²) in [7, 11) is 0. The molecule has 1 atom stereocenters. The van der Waals surface area contributed by atoms with Gasteiger partial charge in [-0.25, -0.2) is 4.79 Å². The number of nitrogens with one attached hydrogen (secondary N) is 1. The number of urea groups is 1. The fourth-order valence-electron chi connectivity index (χ4n) is 3.57. The van der Waals surface area contributed by atoms with Crippen LogP contribution < -0.4 is 5.32 Å². The second kappa shape index (κ2) is 7.61. The molecule has 1 saturated heterocycles. The predicted molar refractivity (Wildman–Crippen MR) is 87.5 cm³/mol. The summed E-state index contributed by atoms with van der Waals surface area (Å²) in [6.45, 7) is 2.68. The average Bonchev–Trinajstić information content (AvgIpc) is 2.67. The van der Waals surface area contributed by atoms with E-state index in [4.69, 9.17) is 0 Å². The first kappa shape index (κ1) is 16.8. The van der Waals surface area contributed by atoms with Crippen molar-refractivity contribution in [2.45, 2.75) is 70.3 Å². The van der Waals surface area contributed by atoms with Crippen LogP contribution in [0.15, 0.2) is 0 Å². The van der Waals surface area contributed by atoms with Gasteiger partial charge in [-0.15, -0.1) is 0 Å². The molecule has 3 amide bonds. The van der Waals surface area contributed by atoms with Crippen LogP contribution in [0.25, 0.3) is 0 Å². The van der Waals surface area contributed by atoms with E-state index in [0.717, 1.165) is 43.9 Å². The Kier molecular flexibility index (Phi) is 6.08. The van der Waals surface area contributed by atoms with E-state index in [1.807, 2.05) is 0 Å². The maximum Gasteiger partial charge on any atom is 0.325 e. The van der Waals surface area contributed by atoms with Gasteiger partial charge in [0, 0.05) is 11.9 Å². The molecule has 1 unspecified atom stereocenters. The second-order valence-corrected chi connectivity index (χ2v) is 7.15. The van der Waals surface area contributed by atoms with E-state index in [0.29, 0.717) is 12.5 Å². The molecule has 2 rings (SSSR count). The van der Waals surface area contributed by atoms with Gasteiger partial charge in [0.1, 0.15) is 5.54 Å². The molecule has 0 aromatic heterocycles. The van der Waals surface area contributed by atoms with Crippen molar-refractivity contribution in [3.63, 3.8) is 0 Å². The van der Waals surface area contributed by atoms with Crippen molar-refractivity contribution in [1.82, 2.24) is 10.2 Å². The van der Waals surface area contributed by atoms with Gasteiger partial charge in [0.2, 0.25) is 0 Å². The van der Waals surface area contributed by atoms with Gasteiger partial charge in [-0.2, -0.15) is 0 Å². The molecule has 4 nitrogen and oxygen atoms in total. The molecule has 1 aliphatic carbocycles. The van der Waals surface area contributed by atoms with Gasteiger partial charge < -0.3 is 5.32 Å². The SMILES string of the molecule is CCCC(CBr)CN1C(=O)NC2(CCCCCCC2)C1=O. The zero-order chi connectivity index (χ0) is 15.3.